The molecule has 0 spiro atoms. The lowest BCUT2D eigenvalue weighted by molar-refractivity contribution is 0.736. The third-order valence-electron chi connectivity index (χ3n) is 3.07. The van der Waals surface area contributed by atoms with Gasteiger partial charge in [0.15, 0.2) is 0 Å². The van der Waals surface area contributed by atoms with E-state index in [1.54, 1.807) is 0 Å². The van der Waals surface area contributed by atoms with Crippen molar-refractivity contribution in [2.45, 2.75) is 52.4 Å². The van der Waals surface area contributed by atoms with Crippen LogP contribution in [0.15, 0.2) is 30.8 Å². The molecule has 88 valence electrons. The van der Waals surface area contributed by atoms with Gasteiger partial charge >= 0.3 is 0 Å². The molecule has 0 amide bonds. The normalized spacial score (nSPS) is 10.8. The summed E-state index contributed by atoms with van der Waals surface area (Å²) in [5.74, 6) is 0.613. The monoisotopic (exact) mass is 216 g/mol. The van der Waals surface area contributed by atoms with E-state index in [-0.39, 0.29) is 0 Å². The average molecular weight is 216 g/mol. The van der Waals surface area contributed by atoms with Crippen molar-refractivity contribution in [3.8, 4) is 0 Å². The zero-order chi connectivity index (χ0) is 12.0. The van der Waals surface area contributed by atoms with Crippen LogP contribution < -0.4 is 0 Å². The Hall–Kier alpha value is -1.04. The zero-order valence-corrected chi connectivity index (χ0v) is 10.9. The van der Waals surface area contributed by atoms with E-state index in [1.165, 1.54) is 36.0 Å². The average Bonchev–Trinajstić information content (AvgIpc) is 2.29. The quantitative estimate of drug-likeness (QED) is 0.558. The Balaban J connectivity index is 2.56. The molecular weight excluding hydrogens is 192 g/mol. The van der Waals surface area contributed by atoms with E-state index in [4.69, 9.17) is 0 Å². The fourth-order valence-corrected chi connectivity index (χ4v) is 1.84. The van der Waals surface area contributed by atoms with Gasteiger partial charge in [0, 0.05) is 0 Å². The summed E-state index contributed by atoms with van der Waals surface area (Å²) in [6, 6.07) is 8.88. The molecule has 0 aliphatic rings. The molecule has 0 aliphatic carbocycles. The molecule has 0 atom stereocenters. The largest absolute Gasteiger partial charge is 0.0952 e. The van der Waals surface area contributed by atoms with Crippen molar-refractivity contribution in [3.63, 3.8) is 0 Å². The summed E-state index contributed by atoms with van der Waals surface area (Å²) in [5, 5.41) is 0. The summed E-state index contributed by atoms with van der Waals surface area (Å²) >= 11 is 0. The topological polar surface area (TPSA) is 0 Å². The third kappa shape index (κ3) is 3.84. The summed E-state index contributed by atoms with van der Waals surface area (Å²) in [6.45, 7) is 10.9. The number of benzene rings is 1. The van der Waals surface area contributed by atoms with Crippen LogP contribution in [-0.4, -0.2) is 0 Å². The molecule has 1 aromatic rings. The van der Waals surface area contributed by atoms with Gasteiger partial charge in [-0.25, -0.2) is 0 Å². The minimum absolute atomic E-state index is 0.613. The highest BCUT2D eigenvalue weighted by Crippen LogP contribution is 2.22. The van der Waals surface area contributed by atoms with Gasteiger partial charge in [-0.2, -0.15) is 0 Å². The minimum atomic E-state index is 0.613. The number of hydrogen-bond donors (Lipinski definition) is 0. The van der Waals surface area contributed by atoms with Gasteiger partial charge in [0.05, 0.1) is 0 Å². The maximum Gasteiger partial charge on any atom is -0.0219 e. The highest BCUT2D eigenvalue weighted by Gasteiger charge is 2.01. The Morgan fingerprint density at radius 2 is 1.75 bits per heavy atom. The smallest absolute Gasteiger partial charge is 0.0219 e. The summed E-state index contributed by atoms with van der Waals surface area (Å²) < 4.78 is 0. The predicted molar refractivity (Wildman–Crippen MR) is 73.7 cm³/mol. The zero-order valence-electron chi connectivity index (χ0n) is 10.9. The Bertz CT molecular complexity index is 316. The molecule has 0 nitrogen and oxygen atoms in total. The molecule has 1 rings (SSSR count). The molecule has 0 aromatic heterocycles. The SMILES string of the molecule is C=C(CCCCC)c1ccc(C(C)C)cc1. The Morgan fingerprint density at radius 1 is 1.12 bits per heavy atom. The van der Waals surface area contributed by atoms with Gasteiger partial charge in [-0.05, 0) is 35.5 Å². The van der Waals surface area contributed by atoms with Crippen molar-refractivity contribution >= 4 is 5.57 Å². The van der Waals surface area contributed by atoms with Crippen molar-refractivity contribution < 1.29 is 0 Å². The lowest BCUT2D eigenvalue weighted by Crippen LogP contribution is -1.89. The highest BCUT2D eigenvalue weighted by molar-refractivity contribution is 5.63. The molecule has 0 saturated carbocycles. The Labute approximate surface area is 100 Å². The minimum Gasteiger partial charge on any atom is -0.0952 e. The Morgan fingerprint density at radius 3 is 2.25 bits per heavy atom. The molecule has 0 unspecified atom stereocenters. The number of rotatable bonds is 6. The standard InChI is InChI=1S/C16H24/c1-5-6-7-8-14(4)16-11-9-15(10-12-16)13(2)3/h9-13H,4-8H2,1-3H3. The molecule has 0 heteroatoms. The van der Waals surface area contributed by atoms with Gasteiger partial charge in [-0.3, -0.25) is 0 Å². The fourth-order valence-electron chi connectivity index (χ4n) is 1.84. The maximum atomic E-state index is 4.17. The molecule has 0 radical (unpaired) electrons. The van der Waals surface area contributed by atoms with E-state index in [2.05, 4.69) is 51.6 Å². The second-order valence-electron chi connectivity index (χ2n) is 4.84. The van der Waals surface area contributed by atoms with Crippen molar-refractivity contribution in [1.29, 1.82) is 0 Å². The van der Waals surface area contributed by atoms with Gasteiger partial charge in [-0.15, -0.1) is 0 Å². The van der Waals surface area contributed by atoms with Gasteiger partial charge < -0.3 is 0 Å². The lowest BCUT2D eigenvalue weighted by atomic mass is 9.97. The highest BCUT2D eigenvalue weighted by atomic mass is 14.1. The van der Waals surface area contributed by atoms with Gasteiger partial charge in [0.25, 0.3) is 0 Å². The summed E-state index contributed by atoms with van der Waals surface area (Å²) in [5.41, 5.74) is 3.99. The molecule has 0 aliphatic heterocycles. The van der Waals surface area contributed by atoms with Crippen LogP contribution in [0.5, 0.6) is 0 Å². The van der Waals surface area contributed by atoms with E-state index in [0.717, 1.165) is 6.42 Å². The molecule has 0 fully saturated rings. The van der Waals surface area contributed by atoms with E-state index in [0.29, 0.717) is 5.92 Å². The summed E-state index contributed by atoms with van der Waals surface area (Å²) in [7, 11) is 0. The Kier molecular flexibility index (Phi) is 5.31. The van der Waals surface area contributed by atoms with Crippen LogP contribution in [0.2, 0.25) is 0 Å². The van der Waals surface area contributed by atoms with Gasteiger partial charge in [0.2, 0.25) is 0 Å². The lowest BCUT2D eigenvalue weighted by Gasteiger charge is -2.09. The molecule has 0 saturated heterocycles. The van der Waals surface area contributed by atoms with Crippen molar-refractivity contribution in [2.24, 2.45) is 0 Å². The van der Waals surface area contributed by atoms with Gasteiger partial charge in [-0.1, -0.05) is 64.5 Å². The molecule has 16 heavy (non-hydrogen) atoms. The van der Waals surface area contributed by atoms with Crippen LogP contribution in [0.1, 0.15) is 63.5 Å². The van der Waals surface area contributed by atoms with E-state index < -0.39 is 0 Å². The van der Waals surface area contributed by atoms with Crippen LogP contribution in [0, 0.1) is 0 Å². The van der Waals surface area contributed by atoms with Crippen LogP contribution >= 0.6 is 0 Å². The van der Waals surface area contributed by atoms with Crippen molar-refractivity contribution in [3.05, 3.63) is 42.0 Å². The van der Waals surface area contributed by atoms with Crippen LogP contribution in [0.3, 0.4) is 0 Å². The number of unbranched alkanes of at least 4 members (excludes halogenated alkanes) is 2. The molecular formula is C16H24. The van der Waals surface area contributed by atoms with Crippen molar-refractivity contribution in [2.75, 3.05) is 0 Å². The molecule has 0 bridgehead atoms. The van der Waals surface area contributed by atoms with Crippen LogP contribution in [0.25, 0.3) is 5.57 Å². The summed E-state index contributed by atoms with van der Waals surface area (Å²) in [4.78, 5) is 0. The van der Waals surface area contributed by atoms with Crippen LogP contribution in [-0.2, 0) is 0 Å². The number of hydrogen-bond acceptors (Lipinski definition) is 0. The number of allylic oxidation sites excluding steroid dienone is 1. The van der Waals surface area contributed by atoms with Crippen molar-refractivity contribution in [1.82, 2.24) is 0 Å². The summed E-state index contributed by atoms with van der Waals surface area (Å²) in [6.07, 6.45) is 4.98. The second kappa shape index (κ2) is 6.52. The first-order valence-electron chi connectivity index (χ1n) is 6.43. The predicted octanol–water partition coefficient (Wildman–Crippen LogP) is 5.40. The van der Waals surface area contributed by atoms with E-state index in [1.807, 2.05) is 0 Å². The third-order valence-corrected chi connectivity index (χ3v) is 3.07. The second-order valence-corrected chi connectivity index (χ2v) is 4.84. The van der Waals surface area contributed by atoms with E-state index >= 15 is 0 Å². The van der Waals surface area contributed by atoms with Crippen LogP contribution in [0.4, 0.5) is 0 Å². The first-order valence-corrected chi connectivity index (χ1v) is 6.43. The van der Waals surface area contributed by atoms with Gasteiger partial charge in [0.1, 0.15) is 0 Å². The molecule has 0 heterocycles. The first kappa shape index (κ1) is 13.0. The first-order chi connectivity index (χ1) is 7.65. The molecule has 0 N–H and O–H groups in total. The molecule has 1 aromatic carbocycles. The van der Waals surface area contributed by atoms with E-state index in [9.17, 15) is 0 Å². The maximum absolute atomic E-state index is 4.17. The fraction of sp³-hybridized carbons (Fsp3) is 0.500.